The predicted molar refractivity (Wildman–Crippen MR) is 64.1 cm³/mol. The number of aryl methyl sites for hydroxylation is 1. The molecule has 0 atom stereocenters. The second kappa shape index (κ2) is 4.91. The summed E-state index contributed by atoms with van der Waals surface area (Å²) in [5.41, 5.74) is 3.08. The molecule has 1 N–H and O–H groups in total. The minimum Gasteiger partial charge on any atom is -0.341 e. The van der Waals surface area contributed by atoms with E-state index in [1.54, 1.807) is 0 Å². The van der Waals surface area contributed by atoms with E-state index in [1.165, 1.54) is 5.56 Å². The molecule has 0 aliphatic carbocycles. The zero-order chi connectivity index (χ0) is 11.4. The third kappa shape index (κ3) is 2.55. The zero-order valence-corrected chi connectivity index (χ0v) is 10.1. The van der Waals surface area contributed by atoms with Gasteiger partial charge in [-0.15, -0.1) is 0 Å². The molecule has 2 aromatic heterocycles. The first-order valence-corrected chi connectivity index (χ1v) is 5.49. The van der Waals surface area contributed by atoms with Crippen molar-refractivity contribution in [1.82, 2.24) is 15.0 Å². The van der Waals surface area contributed by atoms with E-state index < -0.39 is 0 Å². The second-order valence-corrected chi connectivity index (χ2v) is 3.62. The Labute approximate surface area is 91.0 Å². The average molecular weight is 205 g/mol. The van der Waals surface area contributed by atoms with Crippen molar-refractivity contribution >= 4 is 11.2 Å². The number of aromatic nitrogens is 3. The Kier molecular flexibility index (Phi) is 3.83. The fraction of sp³-hybridized carbons (Fsp3) is 0.500. The summed E-state index contributed by atoms with van der Waals surface area (Å²) in [4.78, 5) is 11.7. The van der Waals surface area contributed by atoms with Crippen molar-refractivity contribution in [2.75, 3.05) is 0 Å². The zero-order valence-electron chi connectivity index (χ0n) is 10.1. The second-order valence-electron chi connectivity index (χ2n) is 3.62. The number of hydrogen-bond donors (Lipinski definition) is 1. The maximum Gasteiger partial charge on any atom is 0.177 e. The first kappa shape index (κ1) is 11.7. The lowest BCUT2D eigenvalue weighted by molar-refractivity contribution is 0.861. The van der Waals surface area contributed by atoms with E-state index in [1.807, 2.05) is 27.0 Å². The summed E-state index contributed by atoms with van der Waals surface area (Å²) in [7, 11) is 0. The van der Waals surface area contributed by atoms with Crippen molar-refractivity contribution in [3.63, 3.8) is 0 Å². The molecule has 0 saturated heterocycles. The number of nitrogens with zero attached hydrogens (tertiary/aromatic N) is 2. The Morgan fingerprint density at radius 2 is 1.93 bits per heavy atom. The highest BCUT2D eigenvalue weighted by atomic mass is 15.0. The Bertz CT molecular complexity index is 429. The van der Waals surface area contributed by atoms with E-state index in [2.05, 4.69) is 34.9 Å². The molecule has 0 aliphatic heterocycles. The summed E-state index contributed by atoms with van der Waals surface area (Å²) < 4.78 is 0. The van der Waals surface area contributed by atoms with E-state index in [-0.39, 0.29) is 0 Å². The van der Waals surface area contributed by atoms with Crippen LogP contribution in [0.2, 0.25) is 0 Å². The normalized spacial score (nSPS) is 10.3. The van der Waals surface area contributed by atoms with Crippen LogP contribution >= 0.6 is 0 Å². The quantitative estimate of drug-likeness (QED) is 0.775. The van der Waals surface area contributed by atoms with Crippen LogP contribution in [0.25, 0.3) is 11.2 Å². The van der Waals surface area contributed by atoms with Crippen LogP contribution in [0.3, 0.4) is 0 Å². The molecule has 3 nitrogen and oxygen atoms in total. The van der Waals surface area contributed by atoms with Crippen LogP contribution in [0.4, 0.5) is 0 Å². The SMILES string of the molecule is CC.Cc1nc2ncc(C(C)C)cc2[nH]1. The van der Waals surface area contributed by atoms with Crippen molar-refractivity contribution in [3.05, 3.63) is 23.7 Å². The molecular weight excluding hydrogens is 186 g/mol. The molecule has 0 fully saturated rings. The molecule has 0 aromatic carbocycles. The summed E-state index contributed by atoms with van der Waals surface area (Å²) in [5.74, 6) is 1.43. The highest BCUT2D eigenvalue weighted by Crippen LogP contribution is 2.17. The van der Waals surface area contributed by atoms with Gasteiger partial charge in [0.25, 0.3) is 0 Å². The van der Waals surface area contributed by atoms with Gasteiger partial charge in [-0.2, -0.15) is 0 Å². The number of nitrogens with one attached hydrogen (secondary N) is 1. The van der Waals surface area contributed by atoms with Gasteiger partial charge in [0.05, 0.1) is 5.52 Å². The van der Waals surface area contributed by atoms with Gasteiger partial charge in [0.2, 0.25) is 0 Å². The summed E-state index contributed by atoms with van der Waals surface area (Å²) in [5, 5.41) is 0. The summed E-state index contributed by atoms with van der Waals surface area (Å²) in [6.45, 7) is 10.3. The lowest BCUT2D eigenvalue weighted by atomic mass is 10.1. The fourth-order valence-corrected chi connectivity index (χ4v) is 1.35. The third-order valence-corrected chi connectivity index (χ3v) is 2.14. The first-order valence-electron chi connectivity index (χ1n) is 5.49. The minimum absolute atomic E-state index is 0.514. The van der Waals surface area contributed by atoms with Crippen LogP contribution in [0.5, 0.6) is 0 Å². The fourth-order valence-electron chi connectivity index (χ4n) is 1.35. The molecule has 0 spiro atoms. The van der Waals surface area contributed by atoms with E-state index in [0.29, 0.717) is 5.92 Å². The van der Waals surface area contributed by atoms with Gasteiger partial charge >= 0.3 is 0 Å². The van der Waals surface area contributed by atoms with Crippen LogP contribution in [0.15, 0.2) is 12.3 Å². The largest absolute Gasteiger partial charge is 0.341 e. The lowest BCUT2D eigenvalue weighted by Crippen LogP contribution is -1.88. The Morgan fingerprint density at radius 1 is 1.27 bits per heavy atom. The number of imidazole rings is 1. The number of hydrogen-bond acceptors (Lipinski definition) is 2. The molecule has 0 amide bonds. The van der Waals surface area contributed by atoms with Gasteiger partial charge < -0.3 is 4.98 Å². The van der Waals surface area contributed by atoms with Crippen molar-refractivity contribution in [3.8, 4) is 0 Å². The van der Waals surface area contributed by atoms with E-state index in [4.69, 9.17) is 0 Å². The molecule has 0 bridgehead atoms. The maximum absolute atomic E-state index is 4.28. The summed E-state index contributed by atoms with van der Waals surface area (Å²) in [6.07, 6.45) is 1.90. The third-order valence-electron chi connectivity index (χ3n) is 2.14. The molecule has 3 heteroatoms. The first-order chi connectivity index (χ1) is 7.16. The van der Waals surface area contributed by atoms with E-state index >= 15 is 0 Å². The van der Waals surface area contributed by atoms with Crippen molar-refractivity contribution < 1.29 is 0 Å². The predicted octanol–water partition coefficient (Wildman–Crippen LogP) is 3.42. The maximum atomic E-state index is 4.28. The van der Waals surface area contributed by atoms with Crippen LogP contribution in [0, 0.1) is 6.92 Å². The molecule has 0 radical (unpaired) electrons. The number of fused-ring (bicyclic) bond motifs is 1. The summed E-state index contributed by atoms with van der Waals surface area (Å²) >= 11 is 0. The van der Waals surface area contributed by atoms with E-state index in [9.17, 15) is 0 Å². The van der Waals surface area contributed by atoms with Gasteiger partial charge in [-0.05, 0) is 24.5 Å². The Balaban J connectivity index is 0.000000531. The van der Waals surface area contributed by atoms with Gasteiger partial charge in [-0.25, -0.2) is 9.97 Å². The molecule has 82 valence electrons. The topological polar surface area (TPSA) is 41.6 Å². The van der Waals surface area contributed by atoms with Crippen LogP contribution in [-0.2, 0) is 0 Å². The molecule has 0 unspecified atom stereocenters. The monoisotopic (exact) mass is 205 g/mol. The van der Waals surface area contributed by atoms with Gasteiger partial charge in [0.1, 0.15) is 5.82 Å². The Hall–Kier alpha value is -1.38. The van der Waals surface area contributed by atoms with Gasteiger partial charge in [-0.1, -0.05) is 27.7 Å². The molecule has 2 aromatic rings. The number of pyridine rings is 1. The smallest absolute Gasteiger partial charge is 0.177 e. The van der Waals surface area contributed by atoms with Gasteiger partial charge in [-0.3, -0.25) is 0 Å². The Morgan fingerprint density at radius 3 is 2.53 bits per heavy atom. The average Bonchev–Trinajstić information content (AvgIpc) is 2.59. The van der Waals surface area contributed by atoms with Crippen LogP contribution in [0.1, 0.15) is 45.0 Å². The molecular formula is C12H19N3. The number of H-pyrrole nitrogens is 1. The standard InChI is InChI=1S/C10H13N3.C2H6/c1-6(2)8-4-9-10(11-5-8)13-7(3)12-9;1-2/h4-6H,1-3H3,(H,11,12,13);1-2H3. The van der Waals surface area contributed by atoms with Crippen molar-refractivity contribution in [2.24, 2.45) is 0 Å². The molecule has 0 saturated carbocycles. The lowest BCUT2D eigenvalue weighted by Gasteiger charge is -2.02. The van der Waals surface area contributed by atoms with Gasteiger partial charge in [0, 0.05) is 6.20 Å². The van der Waals surface area contributed by atoms with E-state index in [0.717, 1.165) is 17.0 Å². The molecule has 2 rings (SSSR count). The van der Waals surface area contributed by atoms with Gasteiger partial charge in [0.15, 0.2) is 5.65 Å². The highest BCUT2D eigenvalue weighted by Gasteiger charge is 2.04. The minimum atomic E-state index is 0.514. The summed E-state index contributed by atoms with van der Waals surface area (Å²) in [6, 6.07) is 2.12. The highest BCUT2D eigenvalue weighted by molar-refractivity contribution is 5.71. The number of rotatable bonds is 1. The molecule has 2 heterocycles. The molecule has 15 heavy (non-hydrogen) atoms. The molecule has 0 aliphatic rings. The van der Waals surface area contributed by atoms with Crippen LogP contribution < -0.4 is 0 Å². The number of aromatic amines is 1. The van der Waals surface area contributed by atoms with Crippen molar-refractivity contribution in [2.45, 2.75) is 40.5 Å². The van der Waals surface area contributed by atoms with Crippen molar-refractivity contribution in [1.29, 1.82) is 0 Å². The van der Waals surface area contributed by atoms with Crippen LogP contribution in [-0.4, -0.2) is 15.0 Å².